The van der Waals surface area contributed by atoms with E-state index in [0.717, 1.165) is 35.5 Å². The molecule has 0 atom stereocenters. The molecular weight excluding hydrogens is 298 g/mol. The van der Waals surface area contributed by atoms with E-state index in [1.54, 1.807) is 12.1 Å². The van der Waals surface area contributed by atoms with Crippen LogP contribution in [0.2, 0.25) is 0 Å². The van der Waals surface area contributed by atoms with Gasteiger partial charge in [0.15, 0.2) is 0 Å². The summed E-state index contributed by atoms with van der Waals surface area (Å²) in [6.45, 7) is 0. The second kappa shape index (κ2) is 6.16. The van der Waals surface area contributed by atoms with Crippen molar-refractivity contribution in [3.05, 3.63) is 62.8 Å². The average Bonchev–Trinajstić information content (AvgIpc) is 2.99. The monoisotopic (exact) mass is 311 g/mol. The predicted octanol–water partition coefficient (Wildman–Crippen LogP) is 3.64. The van der Waals surface area contributed by atoms with Crippen LogP contribution in [0.5, 0.6) is 0 Å². The molecule has 0 amide bonds. The fourth-order valence-electron chi connectivity index (χ4n) is 2.51. The third kappa shape index (κ3) is 2.95. The molecule has 0 N–H and O–H groups in total. The highest BCUT2D eigenvalue weighted by Gasteiger charge is 2.16. The molecule has 0 saturated heterocycles. The number of non-ortho nitro benzene ring substituents is 1. The number of fused-ring (bicyclic) bond motifs is 1. The maximum absolute atomic E-state index is 10.6. The quantitative estimate of drug-likeness (QED) is 0.489. The molecule has 1 aromatic carbocycles. The molecule has 0 fully saturated rings. The Bertz CT molecular complexity index is 766. The average molecular weight is 311 g/mol. The van der Waals surface area contributed by atoms with E-state index in [9.17, 15) is 15.4 Å². The summed E-state index contributed by atoms with van der Waals surface area (Å²) >= 11 is 1.50. The van der Waals surface area contributed by atoms with Gasteiger partial charge in [-0.2, -0.15) is 5.26 Å². The van der Waals surface area contributed by atoms with Gasteiger partial charge in [0.25, 0.3) is 5.69 Å². The molecule has 1 aliphatic rings. The zero-order valence-corrected chi connectivity index (χ0v) is 12.6. The van der Waals surface area contributed by atoms with Crippen LogP contribution in [0.3, 0.4) is 0 Å². The van der Waals surface area contributed by atoms with Crippen molar-refractivity contribution in [2.24, 2.45) is 0 Å². The summed E-state index contributed by atoms with van der Waals surface area (Å²) in [4.78, 5) is 14.8. The first-order chi connectivity index (χ1) is 10.7. The van der Waals surface area contributed by atoms with Crippen LogP contribution >= 0.6 is 11.8 Å². The van der Waals surface area contributed by atoms with Crippen molar-refractivity contribution in [2.45, 2.75) is 30.0 Å². The SMILES string of the molecule is N#Cc1cc2c(nc1SCc1ccc([N+](=O)[O-])cc1)CCC2. The van der Waals surface area contributed by atoms with E-state index in [0.29, 0.717) is 11.3 Å². The number of benzene rings is 1. The molecule has 0 bridgehead atoms. The second-order valence-electron chi connectivity index (χ2n) is 5.12. The van der Waals surface area contributed by atoms with Crippen molar-refractivity contribution in [1.29, 1.82) is 5.26 Å². The Hall–Kier alpha value is -2.39. The van der Waals surface area contributed by atoms with Gasteiger partial charge in [0.2, 0.25) is 0 Å². The van der Waals surface area contributed by atoms with E-state index in [1.807, 2.05) is 6.07 Å². The summed E-state index contributed by atoms with van der Waals surface area (Å²) in [5.41, 5.74) is 3.97. The third-order valence-electron chi connectivity index (χ3n) is 3.66. The molecule has 0 saturated carbocycles. The highest BCUT2D eigenvalue weighted by atomic mass is 32.2. The molecule has 3 rings (SSSR count). The molecule has 0 radical (unpaired) electrons. The lowest BCUT2D eigenvalue weighted by Gasteiger charge is -2.06. The van der Waals surface area contributed by atoms with Crippen molar-refractivity contribution >= 4 is 17.4 Å². The Kier molecular flexibility index (Phi) is 4.07. The first kappa shape index (κ1) is 14.5. The summed E-state index contributed by atoms with van der Waals surface area (Å²) in [7, 11) is 0. The van der Waals surface area contributed by atoms with Gasteiger partial charge in [-0.25, -0.2) is 4.98 Å². The summed E-state index contributed by atoms with van der Waals surface area (Å²) < 4.78 is 0. The molecule has 22 heavy (non-hydrogen) atoms. The number of aromatic nitrogens is 1. The fourth-order valence-corrected chi connectivity index (χ4v) is 3.44. The van der Waals surface area contributed by atoms with Crippen molar-refractivity contribution in [3.63, 3.8) is 0 Å². The van der Waals surface area contributed by atoms with Crippen LogP contribution in [-0.4, -0.2) is 9.91 Å². The molecule has 0 unspecified atom stereocenters. The molecule has 110 valence electrons. The maximum atomic E-state index is 10.6. The second-order valence-corrected chi connectivity index (χ2v) is 6.09. The lowest BCUT2D eigenvalue weighted by Crippen LogP contribution is -1.95. The van der Waals surface area contributed by atoms with E-state index >= 15 is 0 Å². The first-order valence-electron chi connectivity index (χ1n) is 6.96. The minimum atomic E-state index is -0.410. The van der Waals surface area contributed by atoms with E-state index in [1.165, 1.54) is 29.5 Å². The molecule has 1 aromatic heterocycles. The van der Waals surface area contributed by atoms with Gasteiger partial charge >= 0.3 is 0 Å². The Morgan fingerprint density at radius 1 is 1.32 bits per heavy atom. The van der Waals surface area contributed by atoms with Crippen LogP contribution in [0.4, 0.5) is 5.69 Å². The number of nitrogens with zero attached hydrogens (tertiary/aromatic N) is 3. The van der Waals surface area contributed by atoms with E-state index in [-0.39, 0.29) is 5.69 Å². The molecular formula is C16H13N3O2S. The van der Waals surface area contributed by atoms with Crippen LogP contribution in [-0.2, 0) is 18.6 Å². The number of hydrogen-bond donors (Lipinski definition) is 0. The van der Waals surface area contributed by atoms with Crippen molar-refractivity contribution in [3.8, 4) is 6.07 Å². The Morgan fingerprint density at radius 2 is 2.09 bits per heavy atom. The molecule has 1 aliphatic carbocycles. The van der Waals surface area contributed by atoms with Gasteiger partial charge in [0.05, 0.1) is 10.5 Å². The van der Waals surface area contributed by atoms with E-state index in [2.05, 4.69) is 11.1 Å². The van der Waals surface area contributed by atoms with Crippen LogP contribution in [0.15, 0.2) is 35.4 Å². The zero-order valence-electron chi connectivity index (χ0n) is 11.8. The van der Waals surface area contributed by atoms with Crippen LogP contribution in [0.25, 0.3) is 0 Å². The highest BCUT2D eigenvalue weighted by Crippen LogP contribution is 2.30. The van der Waals surface area contributed by atoms with Crippen molar-refractivity contribution in [1.82, 2.24) is 4.98 Å². The number of thioether (sulfide) groups is 1. The normalized spacial score (nSPS) is 12.7. The number of pyridine rings is 1. The van der Waals surface area contributed by atoms with E-state index < -0.39 is 4.92 Å². The number of nitro benzene ring substituents is 1. The van der Waals surface area contributed by atoms with E-state index in [4.69, 9.17) is 0 Å². The molecule has 0 aliphatic heterocycles. The standard InChI is InChI=1S/C16H13N3O2S/c17-9-13-8-12-2-1-3-15(12)18-16(13)22-10-11-4-6-14(7-5-11)19(20)21/h4-8H,1-3,10H2. The molecule has 5 nitrogen and oxygen atoms in total. The van der Waals surface area contributed by atoms with Crippen LogP contribution in [0, 0.1) is 21.4 Å². The molecule has 2 aromatic rings. The lowest BCUT2D eigenvalue weighted by atomic mass is 10.2. The van der Waals surface area contributed by atoms with Gasteiger partial charge in [-0.15, -0.1) is 11.8 Å². The van der Waals surface area contributed by atoms with Gasteiger partial charge in [-0.05, 0) is 36.5 Å². The summed E-state index contributed by atoms with van der Waals surface area (Å²) in [5.74, 6) is 0.637. The van der Waals surface area contributed by atoms with Crippen LogP contribution in [0.1, 0.15) is 28.8 Å². The number of aryl methyl sites for hydroxylation is 2. The summed E-state index contributed by atoms with van der Waals surface area (Å²) in [6.07, 6.45) is 3.08. The van der Waals surface area contributed by atoms with Gasteiger partial charge in [-0.3, -0.25) is 10.1 Å². The minimum Gasteiger partial charge on any atom is -0.258 e. The number of hydrogen-bond acceptors (Lipinski definition) is 5. The third-order valence-corrected chi connectivity index (χ3v) is 4.72. The molecule has 6 heteroatoms. The van der Waals surface area contributed by atoms with Gasteiger partial charge < -0.3 is 0 Å². The van der Waals surface area contributed by atoms with Crippen molar-refractivity contribution < 1.29 is 4.92 Å². The minimum absolute atomic E-state index is 0.0853. The number of nitriles is 1. The van der Waals surface area contributed by atoms with Crippen molar-refractivity contribution in [2.75, 3.05) is 0 Å². The van der Waals surface area contributed by atoms with Crippen LogP contribution < -0.4 is 0 Å². The first-order valence-corrected chi connectivity index (χ1v) is 7.95. The number of nitro groups is 1. The predicted molar refractivity (Wildman–Crippen MR) is 83.6 cm³/mol. The molecule has 1 heterocycles. The Morgan fingerprint density at radius 3 is 2.77 bits per heavy atom. The Labute approximate surface area is 132 Å². The molecule has 0 spiro atoms. The van der Waals surface area contributed by atoms with Gasteiger partial charge in [0, 0.05) is 23.6 Å². The largest absolute Gasteiger partial charge is 0.269 e. The zero-order chi connectivity index (χ0) is 15.5. The smallest absolute Gasteiger partial charge is 0.258 e. The van der Waals surface area contributed by atoms with Gasteiger partial charge in [-0.1, -0.05) is 12.1 Å². The fraction of sp³-hybridized carbons (Fsp3) is 0.250. The Balaban J connectivity index is 1.76. The maximum Gasteiger partial charge on any atom is 0.269 e. The number of rotatable bonds is 4. The van der Waals surface area contributed by atoms with Gasteiger partial charge in [0.1, 0.15) is 11.1 Å². The summed E-state index contributed by atoms with van der Waals surface area (Å²) in [6, 6.07) is 10.6. The lowest BCUT2D eigenvalue weighted by molar-refractivity contribution is -0.384. The topological polar surface area (TPSA) is 79.8 Å². The highest BCUT2D eigenvalue weighted by molar-refractivity contribution is 7.98. The summed E-state index contributed by atoms with van der Waals surface area (Å²) in [5, 5.41) is 20.7.